The molecule has 0 spiro atoms. The molecule has 0 atom stereocenters. The molecule has 5 heteroatoms. The number of oxime groups is 1. The monoisotopic (exact) mass is 277 g/mol. The Morgan fingerprint density at radius 1 is 1.35 bits per heavy atom. The van der Waals surface area contributed by atoms with E-state index in [-0.39, 0.29) is 19.0 Å². The highest BCUT2D eigenvalue weighted by Crippen LogP contribution is 2.14. The molecule has 5 nitrogen and oxygen atoms in total. The van der Waals surface area contributed by atoms with Crippen molar-refractivity contribution in [2.24, 2.45) is 5.16 Å². The Kier molecular flexibility index (Phi) is 6.89. The summed E-state index contributed by atoms with van der Waals surface area (Å²) in [6.45, 7) is 5.92. The van der Waals surface area contributed by atoms with Crippen LogP contribution in [0.4, 0.5) is 0 Å². The highest BCUT2D eigenvalue weighted by atomic mass is 16.6. The van der Waals surface area contributed by atoms with Crippen LogP contribution >= 0.6 is 0 Å². The van der Waals surface area contributed by atoms with E-state index in [1.54, 1.807) is 32.2 Å². The number of benzene rings is 1. The molecule has 0 aromatic heterocycles. The summed E-state index contributed by atoms with van der Waals surface area (Å²) in [5.74, 6) is 0.389. The van der Waals surface area contributed by atoms with E-state index in [0.717, 1.165) is 11.3 Å². The maximum atomic E-state index is 11.6. The van der Waals surface area contributed by atoms with E-state index < -0.39 is 0 Å². The largest absolute Gasteiger partial charge is 0.497 e. The number of hydrogen-bond acceptors (Lipinski definition) is 5. The predicted octanol–water partition coefficient (Wildman–Crippen LogP) is 2.56. The van der Waals surface area contributed by atoms with Crippen molar-refractivity contribution in [3.63, 3.8) is 0 Å². The lowest BCUT2D eigenvalue weighted by Gasteiger charge is -2.07. The van der Waals surface area contributed by atoms with Gasteiger partial charge in [0, 0.05) is 5.56 Å². The van der Waals surface area contributed by atoms with Crippen LogP contribution in [-0.4, -0.2) is 32.0 Å². The molecule has 0 radical (unpaired) electrons. The van der Waals surface area contributed by atoms with Gasteiger partial charge >= 0.3 is 5.97 Å². The van der Waals surface area contributed by atoms with Gasteiger partial charge in [-0.2, -0.15) is 0 Å². The Hall–Kier alpha value is -2.30. The van der Waals surface area contributed by atoms with Crippen molar-refractivity contribution in [2.75, 3.05) is 20.3 Å². The van der Waals surface area contributed by atoms with Crippen LogP contribution in [0.5, 0.6) is 5.75 Å². The molecule has 0 N–H and O–H groups in total. The fourth-order valence-electron chi connectivity index (χ4n) is 1.49. The second kappa shape index (κ2) is 8.74. The van der Waals surface area contributed by atoms with E-state index in [9.17, 15) is 4.79 Å². The number of hydrogen-bond donors (Lipinski definition) is 0. The summed E-state index contributed by atoms with van der Waals surface area (Å²) in [7, 11) is 1.59. The SMILES string of the molecule is C=CCO/N=C(\CC(=O)OCC)c1ccc(OC)cc1. The summed E-state index contributed by atoms with van der Waals surface area (Å²) in [6.07, 6.45) is 1.64. The molecule has 20 heavy (non-hydrogen) atoms. The molecule has 0 fully saturated rings. The number of nitrogens with zero attached hydrogens (tertiary/aromatic N) is 1. The first-order chi connectivity index (χ1) is 9.71. The minimum Gasteiger partial charge on any atom is -0.497 e. The minimum absolute atomic E-state index is 0.0529. The Morgan fingerprint density at radius 2 is 2.05 bits per heavy atom. The lowest BCUT2D eigenvalue weighted by atomic mass is 10.1. The zero-order valence-corrected chi connectivity index (χ0v) is 11.8. The molecule has 108 valence electrons. The summed E-state index contributed by atoms with van der Waals surface area (Å²) < 4.78 is 10.0. The predicted molar refractivity (Wildman–Crippen MR) is 76.9 cm³/mol. The summed E-state index contributed by atoms with van der Waals surface area (Å²) in [4.78, 5) is 16.6. The highest BCUT2D eigenvalue weighted by Gasteiger charge is 2.12. The van der Waals surface area contributed by atoms with Crippen molar-refractivity contribution >= 4 is 11.7 Å². The van der Waals surface area contributed by atoms with E-state index in [1.165, 1.54) is 0 Å². The smallest absolute Gasteiger partial charge is 0.312 e. The molecule has 1 aromatic carbocycles. The summed E-state index contributed by atoms with van der Waals surface area (Å²) in [5.41, 5.74) is 1.29. The first-order valence-electron chi connectivity index (χ1n) is 6.31. The number of esters is 1. The van der Waals surface area contributed by atoms with Crippen molar-refractivity contribution in [3.05, 3.63) is 42.5 Å². The highest BCUT2D eigenvalue weighted by molar-refractivity contribution is 6.09. The zero-order chi connectivity index (χ0) is 14.8. The van der Waals surface area contributed by atoms with Gasteiger partial charge in [0.05, 0.1) is 25.8 Å². The maximum Gasteiger partial charge on any atom is 0.312 e. The lowest BCUT2D eigenvalue weighted by molar-refractivity contribution is -0.141. The number of carbonyl (C=O) groups is 1. The molecule has 1 rings (SSSR count). The number of carbonyl (C=O) groups excluding carboxylic acids is 1. The number of methoxy groups -OCH3 is 1. The maximum absolute atomic E-state index is 11.6. The Balaban J connectivity index is 2.87. The molecule has 1 aromatic rings. The van der Waals surface area contributed by atoms with Gasteiger partial charge < -0.3 is 14.3 Å². The molecule has 0 aliphatic heterocycles. The van der Waals surface area contributed by atoms with Gasteiger partial charge in [0.2, 0.25) is 0 Å². The van der Waals surface area contributed by atoms with Crippen molar-refractivity contribution in [2.45, 2.75) is 13.3 Å². The molecule has 0 saturated heterocycles. The number of rotatable bonds is 8. The van der Waals surface area contributed by atoms with Gasteiger partial charge in [-0.3, -0.25) is 4.79 Å². The standard InChI is InChI=1S/C15H19NO4/c1-4-10-20-16-14(11-15(17)19-5-2)12-6-8-13(18-3)9-7-12/h4,6-9H,1,5,10-11H2,2-3H3/b16-14+. The van der Waals surface area contributed by atoms with Gasteiger partial charge in [0.15, 0.2) is 0 Å². The second-order valence-corrected chi connectivity index (χ2v) is 3.83. The third-order valence-electron chi connectivity index (χ3n) is 2.41. The summed E-state index contributed by atoms with van der Waals surface area (Å²) >= 11 is 0. The average molecular weight is 277 g/mol. The Morgan fingerprint density at radius 3 is 2.60 bits per heavy atom. The fourth-order valence-corrected chi connectivity index (χ4v) is 1.49. The van der Waals surface area contributed by atoms with Crippen molar-refractivity contribution in [1.29, 1.82) is 0 Å². The first kappa shape index (κ1) is 15.8. The van der Waals surface area contributed by atoms with Gasteiger partial charge in [-0.25, -0.2) is 0 Å². The van der Waals surface area contributed by atoms with E-state index in [0.29, 0.717) is 12.3 Å². The molecule has 0 bridgehead atoms. The quantitative estimate of drug-likeness (QED) is 0.241. The summed E-state index contributed by atoms with van der Waals surface area (Å²) in [6, 6.07) is 7.22. The van der Waals surface area contributed by atoms with Crippen LogP contribution in [-0.2, 0) is 14.4 Å². The lowest BCUT2D eigenvalue weighted by Crippen LogP contribution is -2.13. The van der Waals surface area contributed by atoms with E-state index in [2.05, 4.69) is 11.7 Å². The second-order valence-electron chi connectivity index (χ2n) is 3.83. The normalized spacial score (nSPS) is 10.8. The van der Waals surface area contributed by atoms with Crippen molar-refractivity contribution < 1.29 is 19.1 Å². The molecule has 0 saturated carbocycles. The molecular weight excluding hydrogens is 258 g/mol. The van der Waals surface area contributed by atoms with Gasteiger partial charge in [-0.1, -0.05) is 17.8 Å². The van der Waals surface area contributed by atoms with Crippen LogP contribution in [0.1, 0.15) is 18.9 Å². The van der Waals surface area contributed by atoms with Crippen molar-refractivity contribution in [1.82, 2.24) is 0 Å². The van der Waals surface area contributed by atoms with Gasteiger partial charge in [-0.15, -0.1) is 0 Å². The molecule has 0 aliphatic rings. The Labute approximate surface area is 118 Å². The molecule has 0 heterocycles. The molecule has 0 aliphatic carbocycles. The van der Waals surface area contributed by atoms with Gasteiger partial charge in [-0.05, 0) is 31.2 Å². The molecular formula is C15H19NO4. The molecule has 0 unspecified atom stereocenters. The van der Waals surface area contributed by atoms with Crippen molar-refractivity contribution in [3.8, 4) is 5.75 Å². The first-order valence-corrected chi connectivity index (χ1v) is 6.31. The minimum atomic E-state index is -0.343. The van der Waals surface area contributed by atoms with Gasteiger partial charge in [0.25, 0.3) is 0 Å². The third kappa shape index (κ3) is 5.14. The van der Waals surface area contributed by atoms with Crippen LogP contribution in [0.2, 0.25) is 0 Å². The van der Waals surface area contributed by atoms with Crippen LogP contribution in [0, 0.1) is 0 Å². The summed E-state index contributed by atoms with van der Waals surface area (Å²) in [5, 5.41) is 3.97. The van der Waals surface area contributed by atoms with Gasteiger partial charge in [0.1, 0.15) is 12.4 Å². The van der Waals surface area contributed by atoms with Crippen LogP contribution in [0.3, 0.4) is 0 Å². The average Bonchev–Trinajstić information content (AvgIpc) is 2.47. The zero-order valence-electron chi connectivity index (χ0n) is 11.8. The fraction of sp³-hybridized carbons (Fsp3) is 0.333. The van der Waals surface area contributed by atoms with E-state index in [1.807, 2.05) is 12.1 Å². The van der Waals surface area contributed by atoms with E-state index in [4.69, 9.17) is 14.3 Å². The van der Waals surface area contributed by atoms with Crippen LogP contribution < -0.4 is 4.74 Å². The van der Waals surface area contributed by atoms with E-state index >= 15 is 0 Å². The topological polar surface area (TPSA) is 57.1 Å². The number of ether oxygens (including phenoxy) is 2. The Bertz CT molecular complexity index is 465. The third-order valence-corrected chi connectivity index (χ3v) is 2.41. The molecule has 0 amide bonds. The van der Waals surface area contributed by atoms with Crippen LogP contribution in [0.15, 0.2) is 42.1 Å². The van der Waals surface area contributed by atoms with Crippen LogP contribution in [0.25, 0.3) is 0 Å².